The second-order valence-electron chi connectivity index (χ2n) is 5.38. The number of rotatable bonds is 4. The normalized spacial score (nSPS) is 11.3. The maximum atomic E-state index is 12.1. The Labute approximate surface area is 153 Å². The van der Waals surface area contributed by atoms with Crippen LogP contribution in [0.5, 0.6) is 0 Å². The monoisotopic (exact) mass is 365 g/mol. The number of fused-ring (bicyclic) bond motifs is 1. The van der Waals surface area contributed by atoms with E-state index in [0.717, 1.165) is 0 Å². The number of carbonyl (C=O) groups excluding carboxylic acids is 1. The molecule has 0 radical (unpaired) electrons. The highest BCUT2D eigenvalue weighted by Gasteiger charge is 2.13. The van der Waals surface area contributed by atoms with Gasteiger partial charge in [-0.2, -0.15) is 4.98 Å². The van der Waals surface area contributed by atoms with E-state index in [-0.39, 0.29) is 5.91 Å². The van der Waals surface area contributed by atoms with Crippen LogP contribution in [0.3, 0.4) is 0 Å². The maximum absolute atomic E-state index is 12.1. The topological polar surface area (TPSA) is 81.2 Å². The molecule has 0 atom stereocenters. The fraction of sp³-hybridized carbons (Fsp3) is 0. The minimum Gasteiger partial charge on any atom is -0.465 e. The van der Waals surface area contributed by atoms with E-state index < -0.39 is 0 Å². The molecule has 0 saturated carbocycles. The van der Waals surface area contributed by atoms with Crippen LogP contribution in [0.4, 0.5) is 5.69 Å². The van der Waals surface area contributed by atoms with Crippen molar-refractivity contribution in [2.24, 2.45) is 0 Å². The summed E-state index contributed by atoms with van der Waals surface area (Å²) in [7, 11) is 0. The van der Waals surface area contributed by atoms with Crippen molar-refractivity contribution in [1.82, 2.24) is 9.97 Å². The second kappa shape index (κ2) is 6.85. The van der Waals surface area contributed by atoms with Gasteiger partial charge >= 0.3 is 0 Å². The second-order valence-corrected chi connectivity index (χ2v) is 5.78. The molecule has 128 valence electrons. The minimum absolute atomic E-state index is 0.297. The van der Waals surface area contributed by atoms with Crippen LogP contribution in [0.25, 0.3) is 28.8 Å². The van der Waals surface area contributed by atoms with E-state index in [1.54, 1.807) is 54.7 Å². The first-order valence-electron chi connectivity index (χ1n) is 7.73. The number of hydrogen-bond acceptors (Lipinski definition) is 5. The largest absolute Gasteiger partial charge is 0.465 e. The van der Waals surface area contributed by atoms with E-state index >= 15 is 0 Å². The number of hydrogen-bond donors (Lipinski definition) is 1. The summed E-state index contributed by atoms with van der Waals surface area (Å²) >= 11 is 6.26. The number of pyridine rings is 1. The number of nitrogens with zero attached hydrogens (tertiary/aromatic N) is 2. The molecule has 4 rings (SSSR count). The standard InChI is InChI=1S/C19H12ClN3O3/c20-15-7-5-12(22-17(24)8-6-13-3-2-10-25-13)11-14(15)19-23-18-16(26-19)4-1-9-21-18/h1-11H,(H,22,24)/b8-6+. The summed E-state index contributed by atoms with van der Waals surface area (Å²) < 4.78 is 10.8. The number of oxazole rings is 1. The number of halogens is 1. The summed E-state index contributed by atoms with van der Waals surface area (Å²) in [5.74, 6) is 0.635. The molecule has 3 aromatic heterocycles. The van der Waals surface area contributed by atoms with E-state index in [1.807, 2.05) is 0 Å². The van der Waals surface area contributed by atoms with Crippen LogP contribution in [-0.2, 0) is 4.79 Å². The molecule has 7 heteroatoms. The van der Waals surface area contributed by atoms with E-state index in [4.69, 9.17) is 20.4 Å². The van der Waals surface area contributed by atoms with Crippen LogP contribution in [0.2, 0.25) is 5.02 Å². The number of nitrogens with one attached hydrogen (secondary N) is 1. The number of aromatic nitrogens is 2. The molecule has 0 unspecified atom stereocenters. The highest BCUT2D eigenvalue weighted by Crippen LogP contribution is 2.31. The van der Waals surface area contributed by atoms with Crippen LogP contribution < -0.4 is 5.32 Å². The lowest BCUT2D eigenvalue weighted by molar-refractivity contribution is -0.111. The Morgan fingerprint density at radius 3 is 2.92 bits per heavy atom. The lowest BCUT2D eigenvalue weighted by atomic mass is 10.2. The SMILES string of the molecule is O=C(/C=C/c1ccco1)Nc1ccc(Cl)c(-c2nc3ncccc3o2)c1. The molecule has 4 aromatic rings. The van der Waals surface area contributed by atoms with Gasteiger partial charge in [0.1, 0.15) is 5.76 Å². The lowest BCUT2D eigenvalue weighted by Crippen LogP contribution is -2.07. The number of benzene rings is 1. The highest BCUT2D eigenvalue weighted by molar-refractivity contribution is 6.33. The first-order chi connectivity index (χ1) is 12.7. The minimum atomic E-state index is -0.297. The van der Waals surface area contributed by atoms with Gasteiger partial charge in [0.15, 0.2) is 11.2 Å². The predicted molar refractivity (Wildman–Crippen MR) is 98.6 cm³/mol. The van der Waals surface area contributed by atoms with Crippen LogP contribution in [-0.4, -0.2) is 15.9 Å². The highest BCUT2D eigenvalue weighted by atomic mass is 35.5. The van der Waals surface area contributed by atoms with Crippen LogP contribution >= 0.6 is 11.6 Å². The van der Waals surface area contributed by atoms with Crippen molar-refractivity contribution in [2.75, 3.05) is 5.32 Å². The van der Waals surface area contributed by atoms with Gasteiger partial charge in [0.25, 0.3) is 0 Å². The molecular weight excluding hydrogens is 354 g/mol. The van der Waals surface area contributed by atoms with Crippen LogP contribution in [0, 0.1) is 0 Å². The van der Waals surface area contributed by atoms with Gasteiger partial charge in [-0.1, -0.05) is 11.6 Å². The summed E-state index contributed by atoms with van der Waals surface area (Å²) in [6.07, 6.45) is 6.14. The van der Waals surface area contributed by atoms with Gasteiger partial charge in [-0.15, -0.1) is 0 Å². The van der Waals surface area contributed by atoms with E-state index in [9.17, 15) is 4.79 Å². The van der Waals surface area contributed by atoms with E-state index in [0.29, 0.717) is 39.2 Å². The first-order valence-corrected chi connectivity index (χ1v) is 8.11. The van der Waals surface area contributed by atoms with Gasteiger partial charge < -0.3 is 14.2 Å². The Bertz CT molecular complexity index is 1070. The predicted octanol–water partition coefficient (Wildman–Crippen LogP) is 4.79. The Hall–Kier alpha value is -3.38. The molecule has 0 spiro atoms. The van der Waals surface area contributed by atoms with Gasteiger partial charge in [-0.3, -0.25) is 4.79 Å². The van der Waals surface area contributed by atoms with E-state index in [2.05, 4.69) is 15.3 Å². The summed E-state index contributed by atoms with van der Waals surface area (Å²) in [4.78, 5) is 20.5. The van der Waals surface area contributed by atoms with Gasteiger partial charge in [0.2, 0.25) is 11.8 Å². The van der Waals surface area contributed by atoms with Gasteiger partial charge in [0, 0.05) is 18.0 Å². The van der Waals surface area contributed by atoms with E-state index in [1.165, 1.54) is 12.3 Å². The van der Waals surface area contributed by atoms with Crippen molar-refractivity contribution in [2.45, 2.75) is 0 Å². The molecule has 6 nitrogen and oxygen atoms in total. The molecule has 0 aliphatic rings. The third kappa shape index (κ3) is 3.36. The summed E-state index contributed by atoms with van der Waals surface area (Å²) in [5.41, 5.74) is 2.19. The Balaban J connectivity index is 1.58. The summed E-state index contributed by atoms with van der Waals surface area (Å²) in [5, 5.41) is 3.22. The van der Waals surface area contributed by atoms with Gasteiger partial charge in [-0.05, 0) is 48.5 Å². The number of carbonyl (C=O) groups is 1. The molecule has 3 heterocycles. The molecule has 26 heavy (non-hydrogen) atoms. The van der Waals surface area contributed by atoms with Crippen LogP contribution in [0.15, 0.2) is 69.8 Å². The zero-order valence-corrected chi connectivity index (χ0v) is 14.1. The summed E-state index contributed by atoms with van der Waals surface area (Å²) in [6, 6.07) is 12.1. The summed E-state index contributed by atoms with van der Waals surface area (Å²) in [6.45, 7) is 0. The van der Waals surface area contributed by atoms with Crippen molar-refractivity contribution in [1.29, 1.82) is 0 Å². The van der Waals surface area contributed by atoms with Crippen molar-refractivity contribution >= 4 is 40.5 Å². The molecule has 1 aromatic carbocycles. The third-order valence-corrected chi connectivity index (χ3v) is 3.90. The number of furan rings is 1. The lowest BCUT2D eigenvalue weighted by Gasteiger charge is -2.05. The molecular formula is C19H12ClN3O3. The molecule has 0 fully saturated rings. The quantitative estimate of drug-likeness (QED) is 0.526. The zero-order valence-electron chi connectivity index (χ0n) is 13.3. The molecule has 1 N–H and O–H groups in total. The molecule has 0 saturated heterocycles. The first kappa shape index (κ1) is 16.1. The fourth-order valence-electron chi connectivity index (χ4n) is 2.38. The Kier molecular flexibility index (Phi) is 4.25. The Morgan fingerprint density at radius 2 is 2.12 bits per heavy atom. The van der Waals surface area contributed by atoms with Crippen molar-refractivity contribution in [3.05, 3.63) is 71.8 Å². The molecule has 0 bridgehead atoms. The molecule has 0 aliphatic carbocycles. The third-order valence-electron chi connectivity index (χ3n) is 3.57. The molecule has 1 amide bonds. The average Bonchev–Trinajstić information content (AvgIpc) is 3.31. The smallest absolute Gasteiger partial charge is 0.248 e. The van der Waals surface area contributed by atoms with Gasteiger partial charge in [-0.25, -0.2) is 4.98 Å². The van der Waals surface area contributed by atoms with Crippen LogP contribution in [0.1, 0.15) is 5.76 Å². The average molecular weight is 366 g/mol. The Morgan fingerprint density at radius 1 is 1.19 bits per heavy atom. The van der Waals surface area contributed by atoms with Crippen molar-refractivity contribution in [3.63, 3.8) is 0 Å². The maximum Gasteiger partial charge on any atom is 0.248 e. The van der Waals surface area contributed by atoms with Crippen molar-refractivity contribution < 1.29 is 13.6 Å². The number of amides is 1. The van der Waals surface area contributed by atoms with Gasteiger partial charge in [0.05, 0.1) is 16.8 Å². The number of anilines is 1. The molecule has 0 aliphatic heterocycles. The fourth-order valence-corrected chi connectivity index (χ4v) is 2.58. The van der Waals surface area contributed by atoms with Crippen molar-refractivity contribution in [3.8, 4) is 11.5 Å². The zero-order chi connectivity index (χ0) is 17.9.